The first-order valence-electron chi connectivity index (χ1n) is 14.9. The van der Waals surface area contributed by atoms with Crippen LogP contribution < -0.4 is 10.2 Å². The molecule has 11 nitrogen and oxygen atoms in total. The lowest BCUT2D eigenvalue weighted by atomic mass is 9.84. The highest BCUT2D eigenvalue weighted by Gasteiger charge is 2.30. The van der Waals surface area contributed by atoms with Crippen LogP contribution in [0.2, 0.25) is 0 Å². The van der Waals surface area contributed by atoms with Gasteiger partial charge in [-0.2, -0.15) is 9.97 Å². The zero-order chi connectivity index (χ0) is 30.6. The molecule has 1 saturated carbocycles. The number of rotatable bonds is 12. The fraction of sp³-hybridized carbons (Fsp3) is 0.600. The number of carbonyl (C=O) groups excluding carboxylic acids is 1. The minimum absolute atomic E-state index is 0.114. The van der Waals surface area contributed by atoms with Crippen LogP contribution in [-0.2, 0) is 9.53 Å². The van der Waals surface area contributed by atoms with Gasteiger partial charge in [0.1, 0.15) is 18.2 Å². The Hall–Kier alpha value is -3.26. The number of carbonyl (C=O) groups is 1. The first kappa shape index (κ1) is 31.2. The first-order valence-corrected chi connectivity index (χ1v) is 14.9. The molecule has 1 saturated heterocycles. The van der Waals surface area contributed by atoms with Gasteiger partial charge in [0.25, 0.3) is 6.43 Å². The van der Waals surface area contributed by atoms with Crippen molar-refractivity contribution in [3.8, 4) is 5.82 Å². The van der Waals surface area contributed by atoms with Gasteiger partial charge >= 0.3 is 0 Å². The van der Waals surface area contributed by atoms with Crippen LogP contribution in [-0.4, -0.2) is 105 Å². The fourth-order valence-corrected chi connectivity index (χ4v) is 6.04. The average Bonchev–Trinajstić information content (AvgIpc) is 3.40. The zero-order valence-corrected chi connectivity index (χ0v) is 24.8. The molecule has 1 aromatic carbocycles. The molecule has 0 amide bonds. The number of nitrogens with zero attached hydrogens (tertiary/aromatic N) is 6. The third-order valence-corrected chi connectivity index (χ3v) is 8.07. The molecular formula is C30H41F2N7O4. The van der Waals surface area contributed by atoms with Crippen LogP contribution in [0.4, 0.5) is 20.5 Å². The molecule has 5 rings (SSSR count). The van der Waals surface area contributed by atoms with Crippen molar-refractivity contribution in [2.24, 2.45) is 5.92 Å². The van der Waals surface area contributed by atoms with E-state index in [0.29, 0.717) is 73.9 Å². The van der Waals surface area contributed by atoms with E-state index < -0.39 is 18.6 Å². The Morgan fingerprint density at radius 3 is 2.49 bits per heavy atom. The summed E-state index contributed by atoms with van der Waals surface area (Å²) in [6.07, 6.45) is 0.694. The first-order chi connectivity index (χ1) is 20.6. The number of alkyl halides is 2. The van der Waals surface area contributed by atoms with Crippen molar-refractivity contribution in [2.45, 2.75) is 57.6 Å². The number of imidazole rings is 1. The maximum absolute atomic E-state index is 14.1. The number of halogens is 2. The van der Waals surface area contributed by atoms with Crippen molar-refractivity contribution in [3.05, 3.63) is 36.2 Å². The van der Waals surface area contributed by atoms with Crippen LogP contribution in [0.5, 0.6) is 0 Å². The van der Waals surface area contributed by atoms with E-state index in [9.17, 15) is 23.8 Å². The van der Waals surface area contributed by atoms with Crippen LogP contribution in [0.3, 0.4) is 0 Å². The number of aliphatic hydroxyl groups is 2. The molecule has 234 valence electrons. The number of Topliss-reactive ketones (excluding diaryl/α,β-unsaturated/α-hetero) is 1. The average molecular weight is 602 g/mol. The molecule has 3 N–H and O–H groups in total. The second kappa shape index (κ2) is 13.6. The maximum Gasteiger partial charge on any atom is 0.296 e. The highest BCUT2D eigenvalue weighted by Crippen LogP contribution is 2.31. The Labute approximate surface area is 249 Å². The van der Waals surface area contributed by atoms with Gasteiger partial charge in [0.15, 0.2) is 11.6 Å². The Morgan fingerprint density at radius 1 is 1.12 bits per heavy atom. The lowest BCUT2D eigenvalue weighted by Crippen LogP contribution is -2.48. The van der Waals surface area contributed by atoms with Gasteiger partial charge in [0.05, 0.1) is 36.4 Å². The molecule has 2 aromatic heterocycles. The number of ketones is 1. The van der Waals surface area contributed by atoms with Crippen LogP contribution >= 0.6 is 0 Å². The summed E-state index contributed by atoms with van der Waals surface area (Å²) in [7, 11) is 0. The number of benzene rings is 1. The van der Waals surface area contributed by atoms with Crippen LogP contribution in [0.25, 0.3) is 16.9 Å². The van der Waals surface area contributed by atoms with E-state index in [1.807, 2.05) is 4.90 Å². The van der Waals surface area contributed by atoms with E-state index >= 15 is 0 Å². The summed E-state index contributed by atoms with van der Waals surface area (Å²) in [6.45, 7) is 6.35. The molecule has 1 aliphatic carbocycles. The number of nitrogens with one attached hydrogen (secondary N) is 1. The van der Waals surface area contributed by atoms with Gasteiger partial charge in [-0.1, -0.05) is 12.1 Å². The fourth-order valence-electron chi connectivity index (χ4n) is 6.04. The summed E-state index contributed by atoms with van der Waals surface area (Å²) in [6, 6.07) is 8.88. The maximum atomic E-state index is 14.1. The van der Waals surface area contributed by atoms with Gasteiger partial charge in [-0.15, -0.1) is 0 Å². The topological polar surface area (TPSA) is 129 Å². The van der Waals surface area contributed by atoms with Gasteiger partial charge in [-0.05, 0) is 57.6 Å². The Morgan fingerprint density at radius 2 is 1.81 bits per heavy atom. The number of ether oxygens (including phenoxy) is 1. The number of fused-ring (bicyclic) bond motifs is 1. The van der Waals surface area contributed by atoms with E-state index in [0.717, 1.165) is 25.7 Å². The van der Waals surface area contributed by atoms with Crippen LogP contribution in [0.1, 0.15) is 51.8 Å². The molecule has 2 fully saturated rings. The monoisotopic (exact) mass is 601 g/mol. The molecule has 0 radical (unpaired) electrons. The standard InChI is InChI=1S/C30H41F2N7O4/c1-30(2,42)19-38(17-22(41)18-40)21-9-7-20(8-10-21)16-33-29-35-25(37-11-13-43-14-12-37)15-26(36-29)39-24-6-4-3-5-23(24)34-28(39)27(31)32/h3-6,15,20-21,27,40,42H,7-14,16-19H2,1-2H3,(H,33,35,36)/t20-,21-. The highest BCUT2D eigenvalue weighted by atomic mass is 19.3. The van der Waals surface area contributed by atoms with E-state index in [-0.39, 0.29) is 24.2 Å². The van der Waals surface area contributed by atoms with Crippen molar-refractivity contribution in [1.82, 2.24) is 24.4 Å². The van der Waals surface area contributed by atoms with Gasteiger partial charge in [-0.3, -0.25) is 14.3 Å². The quantitative estimate of drug-likeness (QED) is 0.285. The second-order valence-corrected chi connectivity index (χ2v) is 12.1. The number of anilines is 2. The Kier molecular flexibility index (Phi) is 9.85. The second-order valence-electron chi connectivity index (χ2n) is 12.1. The van der Waals surface area contributed by atoms with E-state index in [2.05, 4.69) is 20.2 Å². The summed E-state index contributed by atoms with van der Waals surface area (Å²) in [4.78, 5) is 29.7. The third kappa shape index (κ3) is 7.83. The van der Waals surface area contributed by atoms with Crippen molar-refractivity contribution in [1.29, 1.82) is 0 Å². The number of para-hydroxylation sites is 2. The molecule has 2 aliphatic rings. The normalized spacial score (nSPS) is 19.9. The summed E-state index contributed by atoms with van der Waals surface area (Å²) in [5.41, 5.74) is 0.0540. The van der Waals surface area contributed by atoms with Crippen LogP contribution in [0.15, 0.2) is 30.3 Å². The largest absolute Gasteiger partial charge is 0.389 e. The highest BCUT2D eigenvalue weighted by molar-refractivity contribution is 5.81. The molecular weight excluding hydrogens is 560 g/mol. The lowest BCUT2D eigenvalue weighted by Gasteiger charge is -2.39. The summed E-state index contributed by atoms with van der Waals surface area (Å²) < 4.78 is 35.2. The zero-order valence-electron chi connectivity index (χ0n) is 24.8. The van der Waals surface area contributed by atoms with Crippen molar-refractivity contribution >= 4 is 28.6 Å². The molecule has 43 heavy (non-hydrogen) atoms. The number of hydrogen-bond acceptors (Lipinski definition) is 10. The molecule has 0 unspecified atom stereocenters. The SMILES string of the molecule is CC(C)(O)CN(CC(=O)CO)[C@H]1CC[C@H](CNc2nc(N3CCOCC3)cc(-n3c(C(F)F)nc4ccccc43)n2)CC1. The predicted molar refractivity (Wildman–Crippen MR) is 159 cm³/mol. The molecule has 13 heteroatoms. The molecule has 0 bridgehead atoms. The van der Waals surface area contributed by atoms with E-state index in [4.69, 9.17) is 9.72 Å². The van der Waals surface area contributed by atoms with Gasteiger partial charge in [0, 0.05) is 38.3 Å². The lowest BCUT2D eigenvalue weighted by molar-refractivity contribution is -0.124. The van der Waals surface area contributed by atoms with Gasteiger partial charge in [0.2, 0.25) is 5.95 Å². The third-order valence-electron chi connectivity index (χ3n) is 8.07. The van der Waals surface area contributed by atoms with Crippen molar-refractivity contribution in [3.63, 3.8) is 0 Å². The van der Waals surface area contributed by atoms with Crippen molar-refractivity contribution < 1.29 is 28.5 Å². The number of hydrogen-bond donors (Lipinski definition) is 3. The van der Waals surface area contributed by atoms with E-state index in [1.165, 1.54) is 4.57 Å². The minimum Gasteiger partial charge on any atom is -0.389 e. The van der Waals surface area contributed by atoms with Crippen molar-refractivity contribution in [2.75, 3.05) is 62.8 Å². The number of morpholine rings is 1. The number of aliphatic hydroxyl groups excluding tert-OH is 1. The van der Waals surface area contributed by atoms with E-state index in [1.54, 1.807) is 44.2 Å². The summed E-state index contributed by atoms with van der Waals surface area (Å²) in [5, 5.41) is 23.0. The minimum atomic E-state index is -2.79. The summed E-state index contributed by atoms with van der Waals surface area (Å²) >= 11 is 0. The predicted octanol–water partition coefficient (Wildman–Crippen LogP) is 3.19. The Bertz CT molecular complexity index is 1380. The molecule has 3 heterocycles. The smallest absolute Gasteiger partial charge is 0.296 e. The molecule has 0 atom stereocenters. The Balaban J connectivity index is 1.34. The molecule has 3 aromatic rings. The molecule has 0 spiro atoms. The van der Waals surface area contributed by atoms with Gasteiger partial charge in [-0.25, -0.2) is 13.8 Å². The number of aromatic nitrogens is 4. The van der Waals surface area contributed by atoms with Crippen LogP contribution in [0, 0.1) is 5.92 Å². The van der Waals surface area contributed by atoms with Gasteiger partial charge < -0.3 is 25.2 Å². The summed E-state index contributed by atoms with van der Waals surface area (Å²) in [5.74, 6) is 1.000. The molecule has 1 aliphatic heterocycles.